The van der Waals surface area contributed by atoms with Crippen LogP contribution in [0.1, 0.15) is 17.3 Å². The first kappa shape index (κ1) is 14.9. The van der Waals surface area contributed by atoms with Crippen molar-refractivity contribution in [3.05, 3.63) is 27.5 Å². The maximum Gasteiger partial charge on any atom is 0.339 e. The fraction of sp³-hybridized carbons (Fsp3) is 0.200. The molecule has 0 aliphatic rings. The molecular weight excluding hydrogens is 302 g/mol. The molecule has 98 valence electrons. The number of benzene rings is 1. The van der Waals surface area contributed by atoms with Crippen LogP contribution in [0.4, 0.5) is 10.1 Å². The topological polar surface area (TPSA) is 64.3 Å². The normalized spacial score (nSPS) is 10.0. The number of hydrogen-bond acceptors (Lipinski definition) is 3. The van der Waals surface area contributed by atoms with Crippen LogP contribution in [-0.4, -0.2) is 17.7 Å². The standard InChI is InChI=1S/C10H9Cl2FN2O2S/c1-2-17-9(16)4-3-5(13)7(12)8(6(4)11)15-10(14)18/h3H,2H2,1H3,(H3,14,15,18). The van der Waals surface area contributed by atoms with Crippen molar-refractivity contribution in [3.8, 4) is 0 Å². The Labute approximate surface area is 118 Å². The van der Waals surface area contributed by atoms with E-state index in [-0.39, 0.29) is 33.0 Å². The van der Waals surface area contributed by atoms with Gasteiger partial charge in [-0.25, -0.2) is 9.18 Å². The Balaban J connectivity index is 3.34. The van der Waals surface area contributed by atoms with Gasteiger partial charge in [0.15, 0.2) is 5.11 Å². The molecule has 3 N–H and O–H groups in total. The minimum absolute atomic E-state index is 0.0612. The molecule has 4 nitrogen and oxygen atoms in total. The molecular formula is C10H9Cl2FN2O2S. The van der Waals surface area contributed by atoms with Gasteiger partial charge in [-0.05, 0) is 25.2 Å². The van der Waals surface area contributed by atoms with Gasteiger partial charge in [0.2, 0.25) is 0 Å². The van der Waals surface area contributed by atoms with E-state index in [1.54, 1.807) is 6.92 Å². The van der Waals surface area contributed by atoms with Crippen LogP contribution in [0.3, 0.4) is 0 Å². The minimum Gasteiger partial charge on any atom is -0.462 e. The number of halogens is 3. The highest BCUT2D eigenvalue weighted by molar-refractivity contribution is 7.80. The third-order valence-corrected chi connectivity index (χ3v) is 2.76. The van der Waals surface area contributed by atoms with Crippen molar-refractivity contribution >= 4 is 52.2 Å². The number of ether oxygens (including phenoxy) is 1. The first-order valence-electron chi connectivity index (χ1n) is 4.79. The summed E-state index contributed by atoms with van der Waals surface area (Å²) < 4.78 is 18.3. The monoisotopic (exact) mass is 310 g/mol. The maximum absolute atomic E-state index is 13.5. The SMILES string of the molecule is CCOC(=O)c1cc(F)c(Cl)c(NC(N)=S)c1Cl. The van der Waals surface area contributed by atoms with Crippen LogP contribution in [0.15, 0.2) is 6.07 Å². The van der Waals surface area contributed by atoms with Crippen molar-refractivity contribution in [2.24, 2.45) is 5.73 Å². The van der Waals surface area contributed by atoms with Gasteiger partial charge in [-0.2, -0.15) is 0 Å². The molecule has 1 aromatic rings. The molecule has 0 aromatic heterocycles. The Morgan fingerprint density at radius 1 is 1.56 bits per heavy atom. The van der Waals surface area contributed by atoms with E-state index < -0.39 is 11.8 Å². The van der Waals surface area contributed by atoms with E-state index in [1.165, 1.54) is 0 Å². The summed E-state index contributed by atoms with van der Waals surface area (Å²) in [5.41, 5.74) is 5.05. The Kier molecular flexibility index (Phi) is 5.13. The van der Waals surface area contributed by atoms with Crippen molar-refractivity contribution in [2.75, 3.05) is 11.9 Å². The zero-order chi connectivity index (χ0) is 13.9. The average molecular weight is 311 g/mol. The summed E-state index contributed by atoms with van der Waals surface area (Å²) in [7, 11) is 0. The predicted molar refractivity (Wildman–Crippen MR) is 72.8 cm³/mol. The summed E-state index contributed by atoms with van der Waals surface area (Å²) in [5.74, 6) is -1.59. The Hall–Kier alpha value is -1.11. The van der Waals surface area contributed by atoms with Crippen molar-refractivity contribution in [1.29, 1.82) is 0 Å². The molecule has 0 aliphatic carbocycles. The number of esters is 1. The second-order valence-corrected chi connectivity index (χ2v) is 4.31. The summed E-state index contributed by atoms with van der Waals surface area (Å²) in [6.07, 6.45) is 0. The van der Waals surface area contributed by atoms with Crippen molar-refractivity contribution in [1.82, 2.24) is 0 Å². The van der Waals surface area contributed by atoms with Gasteiger partial charge >= 0.3 is 5.97 Å². The van der Waals surface area contributed by atoms with Crippen LogP contribution in [-0.2, 0) is 4.74 Å². The first-order chi connectivity index (χ1) is 8.38. The average Bonchev–Trinajstić information content (AvgIpc) is 2.29. The summed E-state index contributed by atoms with van der Waals surface area (Å²) in [6, 6.07) is 0.896. The lowest BCUT2D eigenvalue weighted by Gasteiger charge is -2.12. The van der Waals surface area contributed by atoms with Gasteiger partial charge in [-0.15, -0.1) is 0 Å². The molecule has 18 heavy (non-hydrogen) atoms. The molecule has 0 bridgehead atoms. The van der Waals surface area contributed by atoms with Gasteiger partial charge in [-0.1, -0.05) is 23.2 Å². The van der Waals surface area contributed by atoms with Gasteiger partial charge in [-0.3, -0.25) is 0 Å². The number of carbonyl (C=O) groups excluding carboxylic acids is 1. The quantitative estimate of drug-likeness (QED) is 0.510. The lowest BCUT2D eigenvalue weighted by molar-refractivity contribution is 0.0526. The Morgan fingerprint density at radius 3 is 2.67 bits per heavy atom. The number of thiocarbonyl (C=S) groups is 1. The zero-order valence-electron chi connectivity index (χ0n) is 9.22. The van der Waals surface area contributed by atoms with Crippen molar-refractivity contribution in [3.63, 3.8) is 0 Å². The van der Waals surface area contributed by atoms with Crippen LogP contribution >= 0.6 is 35.4 Å². The number of nitrogens with two attached hydrogens (primary N) is 1. The van der Waals surface area contributed by atoms with E-state index >= 15 is 0 Å². The van der Waals surface area contributed by atoms with Crippen LogP contribution in [0.25, 0.3) is 0 Å². The summed E-state index contributed by atoms with van der Waals surface area (Å²) in [4.78, 5) is 11.6. The molecule has 1 aromatic carbocycles. The molecule has 0 atom stereocenters. The zero-order valence-corrected chi connectivity index (χ0v) is 11.5. The second kappa shape index (κ2) is 6.17. The highest BCUT2D eigenvalue weighted by atomic mass is 35.5. The Morgan fingerprint density at radius 2 is 2.17 bits per heavy atom. The molecule has 1 rings (SSSR count). The molecule has 0 amide bonds. The molecule has 0 radical (unpaired) electrons. The molecule has 0 fully saturated rings. The number of hydrogen-bond donors (Lipinski definition) is 2. The molecule has 0 saturated heterocycles. The highest BCUT2D eigenvalue weighted by Crippen LogP contribution is 2.35. The molecule has 0 saturated carbocycles. The van der Waals surface area contributed by atoms with Crippen LogP contribution in [0.5, 0.6) is 0 Å². The summed E-state index contributed by atoms with van der Waals surface area (Å²) in [5, 5.41) is 1.85. The summed E-state index contributed by atoms with van der Waals surface area (Å²) >= 11 is 16.2. The van der Waals surface area contributed by atoms with E-state index in [9.17, 15) is 9.18 Å². The van der Waals surface area contributed by atoms with E-state index in [4.69, 9.17) is 33.7 Å². The number of carbonyl (C=O) groups is 1. The largest absolute Gasteiger partial charge is 0.462 e. The molecule has 0 aliphatic heterocycles. The third kappa shape index (κ3) is 3.22. The van der Waals surface area contributed by atoms with Gasteiger partial charge < -0.3 is 15.8 Å². The lowest BCUT2D eigenvalue weighted by atomic mass is 10.2. The number of rotatable bonds is 3. The van der Waals surface area contributed by atoms with Crippen LogP contribution < -0.4 is 11.1 Å². The van der Waals surface area contributed by atoms with Crippen LogP contribution in [0, 0.1) is 5.82 Å². The van der Waals surface area contributed by atoms with Gasteiger partial charge in [0, 0.05) is 0 Å². The third-order valence-electron chi connectivity index (χ3n) is 1.90. The van der Waals surface area contributed by atoms with Gasteiger partial charge in [0.05, 0.1) is 22.9 Å². The fourth-order valence-corrected chi connectivity index (χ4v) is 1.81. The fourth-order valence-electron chi connectivity index (χ4n) is 1.19. The number of nitrogens with one attached hydrogen (secondary N) is 1. The second-order valence-electron chi connectivity index (χ2n) is 3.12. The predicted octanol–water partition coefficient (Wildman–Crippen LogP) is 2.96. The van der Waals surface area contributed by atoms with Crippen LogP contribution in [0.2, 0.25) is 10.0 Å². The van der Waals surface area contributed by atoms with E-state index in [0.29, 0.717) is 0 Å². The molecule has 8 heteroatoms. The smallest absolute Gasteiger partial charge is 0.339 e. The summed E-state index contributed by atoms with van der Waals surface area (Å²) in [6.45, 7) is 1.75. The molecule has 0 spiro atoms. The molecule has 0 unspecified atom stereocenters. The maximum atomic E-state index is 13.5. The Bertz CT molecular complexity index is 511. The van der Waals surface area contributed by atoms with Crippen molar-refractivity contribution in [2.45, 2.75) is 6.92 Å². The van der Waals surface area contributed by atoms with Crippen molar-refractivity contribution < 1.29 is 13.9 Å². The molecule has 0 heterocycles. The lowest BCUT2D eigenvalue weighted by Crippen LogP contribution is -2.20. The van der Waals surface area contributed by atoms with Gasteiger partial charge in [0.1, 0.15) is 10.8 Å². The van der Waals surface area contributed by atoms with E-state index in [2.05, 4.69) is 17.5 Å². The number of anilines is 1. The van der Waals surface area contributed by atoms with E-state index in [0.717, 1.165) is 6.07 Å². The highest BCUT2D eigenvalue weighted by Gasteiger charge is 2.21. The van der Waals surface area contributed by atoms with Gasteiger partial charge in [0.25, 0.3) is 0 Å². The minimum atomic E-state index is -0.831. The first-order valence-corrected chi connectivity index (χ1v) is 5.96. The van der Waals surface area contributed by atoms with E-state index in [1.807, 2.05) is 0 Å².